The van der Waals surface area contributed by atoms with Crippen LogP contribution in [-0.4, -0.2) is 69.9 Å². The van der Waals surface area contributed by atoms with Gasteiger partial charge < -0.3 is 21.2 Å². The minimum atomic E-state index is -0.805. The fourth-order valence-electron chi connectivity index (χ4n) is 3.61. The van der Waals surface area contributed by atoms with Crippen molar-refractivity contribution in [3.05, 3.63) is 34.0 Å². The first-order valence-corrected chi connectivity index (χ1v) is 11.7. The van der Waals surface area contributed by atoms with Crippen LogP contribution in [0.25, 0.3) is 0 Å². The van der Waals surface area contributed by atoms with Gasteiger partial charge in [0.2, 0.25) is 5.12 Å². The molecule has 13 heteroatoms. The van der Waals surface area contributed by atoms with Gasteiger partial charge in [0.15, 0.2) is 10.8 Å². The summed E-state index contributed by atoms with van der Waals surface area (Å²) in [5.41, 5.74) is 8.05. The van der Waals surface area contributed by atoms with Crippen LogP contribution in [0.5, 0.6) is 0 Å². The van der Waals surface area contributed by atoms with Gasteiger partial charge in [0.1, 0.15) is 29.9 Å². The number of nitrogens with one attached hydrogen (secondary N) is 2. The minimum absolute atomic E-state index is 0.0808. The number of carbonyl (C=O) groups excluding carboxylic acids is 3. The lowest BCUT2D eigenvalue weighted by atomic mass is 10.0. The highest BCUT2D eigenvalue weighted by Gasteiger charge is 2.53. The summed E-state index contributed by atoms with van der Waals surface area (Å²) in [6.07, 6.45) is 2.88. The fraction of sp³-hybridized carbons (Fsp3) is 0.389. The van der Waals surface area contributed by atoms with Gasteiger partial charge in [-0.15, -0.1) is 23.1 Å². The summed E-state index contributed by atoms with van der Waals surface area (Å²) in [6.45, 7) is 1.66. The number of nitrogen functional groups attached to an aromatic ring is 1. The SMILES string of the molecule is CO/N=C(\C(=O)NC1C(=O)N2C(C(=O)S)=C(C=C3CCNC3)CS[C@H]12)c1csc(N)n1. The van der Waals surface area contributed by atoms with Crippen molar-refractivity contribution in [1.29, 1.82) is 0 Å². The molecule has 31 heavy (non-hydrogen) atoms. The summed E-state index contributed by atoms with van der Waals surface area (Å²) in [4.78, 5) is 48.1. The molecule has 2 atom stereocenters. The number of β-lactam (4-membered cyclic amide) rings is 1. The number of fused-ring (bicyclic) bond motifs is 1. The molecule has 2 amide bonds. The van der Waals surface area contributed by atoms with Crippen LogP contribution in [0.15, 0.2) is 33.5 Å². The zero-order chi connectivity index (χ0) is 22.1. The third-order valence-corrected chi connectivity index (χ3v) is 7.19. The highest BCUT2D eigenvalue weighted by molar-refractivity contribution is 8.00. The number of thiazole rings is 1. The number of hydrogen-bond acceptors (Lipinski definition) is 10. The van der Waals surface area contributed by atoms with Crippen LogP contribution >= 0.6 is 35.7 Å². The molecule has 4 N–H and O–H groups in total. The van der Waals surface area contributed by atoms with E-state index in [9.17, 15) is 14.4 Å². The quantitative estimate of drug-likeness (QED) is 0.195. The maximum atomic E-state index is 12.9. The Kier molecular flexibility index (Phi) is 6.36. The van der Waals surface area contributed by atoms with Crippen LogP contribution in [0, 0.1) is 0 Å². The van der Waals surface area contributed by atoms with Crippen molar-refractivity contribution in [3.63, 3.8) is 0 Å². The summed E-state index contributed by atoms with van der Waals surface area (Å²) >= 11 is 6.63. The molecular formula is C18H20N6O4S3. The lowest BCUT2D eigenvalue weighted by molar-refractivity contribution is -0.146. The Labute approximate surface area is 191 Å². The molecule has 2 saturated heterocycles. The molecular weight excluding hydrogens is 460 g/mol. The Hall–Kier alpha value is -2.35. The second kappa shape index (κ2) is 9.02. The van der Waals surface area contributed by atoms with E-state index in [-0.39, 0.29) is 28.1 Å². The standard InChI is InChI=1S/C18H20N6O4S3/c1-28-23-11(10-7-31-18(19)21-10)14(25)22-12-15(26)24-13(17(27)29)9(6-30-16(12)24)4-8-2-3-20-5-8/h4,7,12,16,20H,2-3,5-6H2,1H3,(H2,19,21)(H,22,25)(H,27,29)/b8-4?,23-11-/t12?,16-/m1/s1. The highest BCUT2D eigenvalue weighted by Crippen LogP contribution is 2.41. The molecule has 0 spiro atoms. The Balaban J connectivity index is 1.54. The van der Waals surface area contributed by atoms with Crippen LogP contribution in [-0.2, 0) is 19.2 Å². The predicted octanol–water partition coefficient (Wildman–Crippen LogP) is 0.106. The average molecular weight is 481 g/mol. The van der Waals surface area contributed by atoms with Crippen LogP contribution in [0.4, 0.5) is 5.13 Å². The molecule has 10 nitrogen and oxygen atoms in total. The minimum Gasteiger partial charge on any atom is -0.398 e. The lowest BCUT2D eigenvalue weighted by Gasteiger charge is -2.49. The topological polar surface area (TPSA) is 139 Å². The third-order valence-electron chi connectivity index (χ3n) is 5.00. The van der Waals surface area contributed by atoms with E-state index in [0.29, 0.717) is 5.75 Å². The number of thioether (sulfide) groups is 1. The van der Waals surface area contributed by atoms with Crippen molar-refractivity contribution in [2.45, 2.75) is 17.8 Å². The molecule has 1 unspecified atom stereocenters. The smallest absolute Gasteiger partial charge is 0.276 e. The first kappa shape index (κ1) is 21.9. The van der Waals surface area contributed by atoms with Gasteiger partial charge in [0.25, 0.3) is 11.8 Å². The second-order valence-electron chi connectivity index (χ2n) is 6.96. The molecule has 4 heterocycles. The predicted molar refractivity (Wildman–Crippen MR) is 122 cm³/mol. The number of carbonyl (C=O) groups is 3. The number of nitrogens with two attached hydrogens (primary N) is 1. The Morgan fingerprint density at radius 1 is 1.52 bits per heavy atom. The maximum absolute atomic E-state index is 12.9. The van der Waals surface area contributed by atoms with Crippen molar-refractivity contribution < 1.29 is 19.2 Å². The van der Waals surface area contributed by atoms with E-state index < -0.39 is 22.4 Å². The zero-order valence-corrected chi connectivity index (χ0v) is 19.0. The number of hydrogen-bond donors (Lipinski definition) is 4. The van der Waals surface area contributed by atoms with E-state index in [4.69, 9.17) is 10.6 Å². The monoisotopic (exact) mass is 480 g/mol. The van der Waals surface area contributed by atoms with Crippen molar-refractivity contribution in [1.82, 2.24) is 20.5 Å². The molecule has 0 saturated carbocycles. The number of amides is 2. The van der Waals surface area contributed by atoms with Crippen LogP contribution in [0.2, 0.25) is 0 Å². The van der Waals surface area contributed by atoms with E-state index in [1.807, 2.05) is 6.08 Å². The number of aromatic nitrogens is 1. The van der Waals surface area contributed by atoms with Gasteiger partial charge >= 0.3 is 0 Å². The summed E-state index contributed by atoms with van der Waals surface area (Å²) in [7, 11) is 1.31. The summed E-state index contributed by atoms with van der Waals surface area (Å²) < 4.78 is 0. The van der Waals surface area contributed by atoms with E-state index in [0.717, 1.165) is 36.4 Å². The van der Waals surface area contributed by atoms with Gasteiger partial charge in [-0.1, -0.05) is 29.4 Å². The summed E-state index contributed by atoms with van der Waals surface area (Å²) in [6, 6.07) is -0.805. The first-order valence-electron chi connectivity index (χ1n) is 9.35. The van der Waals surface area contributed by atoms with Crippen molar-refractivity contribution in [2.24, 2.45) is 5.16 Å². The average Bonchev–Trinajstić information content (AvgIpc) is 3.41. The molecule has 3 aliphatic heterocycles. The van der Waals surface area contributed by atoms with E-state index >= 15 is 0 Å². The molecule has 1 aromatic rings. The van der Waals surface area contributed by atoms with E-state index in [2.05, 4.69) is 33.4 Å². The van der Waals surface area contributed by atoms with Crippen LogP contribution in [0.3, 0.4) is 0 Å². The van der Waals surface area contributed by atoms with Crippen LogP contribution in [0.1, 0.15) is 12.1 Å². The zero-order valence-electron chi connectivity index (χ0n) is 16.5. The molecule has 3 aliphatic rings. The highest BCUT2D eigenvalue weighted by atomic mass is 32.2. The van der Waals surface area contributed by atoms with Gasteiger partial charge in [-0.05, 0) is 18.5 Å². The number of nitrogens with zero attached hydrogens (tertiary/aromatic N) is 3. The van der Waals surface area contributed by atoms with Gasteiger partial charge in [-0.25, -0.2) is 4.98 Å². The van der Waals surface area contributed by atoms with Crippen molar-refractivity contribution in [3.8, 4) is 0 Å². The third kappa shape index (κ3) is 4.22. The number of oxime groups is 1. The molecule has 164 valence electrons. The molecule has 2 fully saturated rings. The van der Waals surface area contributed by atoms with E-state index in [1.165, 1.54) is 29.3 Å². The number of thiol groups is 1. The molecule has 0 aromatic carbocycles. The fourth-order valence-corrected chi connectivity index (χ4v) is 5.72. The van der Waals surface area contributed by atoms with Gasteiger partial charge in [-0.3, -0.25) is 19.3 Å². The van der Waals surface area contributed by atoms with Crippen molar-refractivity contribution in [2.75, 3.05) is 31.7 Å². The van der Waals surface area contributed by atoms with Gasteiger partial charge in [0.05, 0.1) is 0 Å². The first-order chi connectivity index (χ1) is 14.9. The second-order valence-corrected chi connectivity index (χ2v) is 9.36. The molecule has 4 rings (SSSR count). The van der Waals surface area contributed by atoms with Gasteiger partial charge in [-0.2, -0.15) is 0 Å². The normalized spacial score (nSPS) is 24.8. The maximum Gasteiger partial charge on any atom is 0.276 e. The summed E-state index contributed by atoms with van der Waals surface area (Å²) in [5.74, 6) is -0.454. The number of anilines is 1. The van der Waals surface area contributed by atoms with Crippen LogP contribution < -0.4 is 16.4 Å². The lowest BCUT2D eigenvalue weighted by Crippen LogP contribution is -2.70. The van der Waals surface area contributed by atoms with Crippen molar-refractivity contribution >= 4 is 63.5 Å². The summed E-state index contributed by atoms with van der Waals surface area (Å²) in [5, 5.41) is 10.6. The Bertz CT molecular complexity index is 1030. The Morgan fingerprint density at radius 3 is 2.94 bits per heavy atom. The number of rotatable bonds is 6. The van der Waals surface area contributed by atoms with Gasteiger partial charge in [0, 0.05) is 17.7 Å². The largest absolute Gasteiger partial charge is 0.398 e. The molecule has 1 aromatic heterocycles. The van der Waals surface area contributed by atoms with E-state index in [1.54, 1.807) is 5.38 Å². The molecule has 0 aliphatic carbocycles. The molecule has 0 radical (unpaired) electrons. The number of allylic oxidation sites excluding steroid dienone is 1. The Morgan fingerprint density at radius 2 is 2.32 bits per heavy atom. The molecule has 0 bridgehead atoms.